The lowest BCUT2D eigenvalue weighted by molar-refractivity contribution is 0.405. The number of aromatic nitrogens is 4. The lowest BCUT2D eigenvalue weighted by Gasteiger charge is -1.61. The van der Waals surface area contributed by atoms with Gasteiger partial charge < -0.3 is 9.79 Å². The van der Waals surface area contributed by atoms with Crippen molar-refractivity contribution in [2.45, 2.75) is 0 Å². The van der Waals surface area contributed by atoms with Crippen LogP contribution in [0.1, 0.15) is 0 Å². The quantitative estimate of drug-likeness (QED) is 0.514. The maximum atomic E-state index is 8.74. The molecular formula is C6H12ClN4O3P. The summed E-state index contributed by atoms with van der Waals surface area (Å²) in [5, 5.41) is 12.4. The van der Waals surface area contributed by atoms with Crippen molar-refractivity contribution in [3.63, 3.8) is 0 Å². The Morgan fingerprint density at radius 2 is 1.33 bits per heavy atom. The molecule has 2 aromatic rings. The first-order valence-corrected chi connectivity index (χ1v) is 4.83. The third-order valence-corrected chi connectivity index (χ3v) is 0.812. The molecule has 0 atom stereocenters. The number of H-pyrrole nitrogens is 2. The van der Waals surface area contributed by atoms with Crippen LogP contribution in [0.3, 0.4) is 0 Å². The topological polar surface area (TPSA) is 115 Å². The lowest BCUT2D eigenvalue weighted by atomic mass is 10.8. The molecular weight excluding hydrogens is 243 g/mol. The largest absolute Gasteiger partial charge is 0.326 e. The van der Waals surface area contributed by atoms with Crippen LogP contribution in [0.25, 0.3) is 0 Å². The van der Waals surface area contributed by atoms with Gasteiger partial charge in [0, 0.05) is 24.8 Å². The summed E-state index contributed by atoms with van der Waals surface area (Å²) in [5.41, 5.74) is 0. The first-order chi connectivity index (χ1) is 6.73. The zero-order chi connectivity index (χ0) is 10.6. The zero-order valence-electron chi connectivity index (χ0n) is 7.57. The van der Waals surface area contributed by atoms with E-state index in [4.69, 9.17) is 14.4 Å². The molecule has 0 radical (unpaired) electrons. The molecule has 86 valence electrons. The lowest BCUT2D eigenvalue weighted by Crippen LogP contribution is -1.53. The Hall–Kier alpha value is -1.14. The molecule has 0 aliphatic carbocycles. The molecule has 0 amide bonds. The fourth-order valence-corrected chi connectivity index (χ4v) is 0.430. The minimum Gasteiger partial charge on any atom is -0.326 e. The van der Waals surface area contributed by atoms with Crippen LogP contribution in [-0.2, 0) is 4.57 Å². The van der Waals surface area contributed by atoms with E-state index in [0.29, 0.717) is 0 Å². The zero-order valence-corrected chi connectivity index (χ0v) is 9.39. The Labute approximate surface area is 92.9 Å². The summed E-state index contributed by atoms with van der Waals surface area (Å²) in [5.74, 6) is 0. The van der Waals surface area contributed by atoms with E-state index < -0.39 is 8.25 Å². The van der Waals surface area contributed by atoms with Gasteiger partial charge in [-0.2, -0.15) is 10.2 Å². The van der Waals surface area contributed by atoms with Crippen molar-refractivity contribution in [1.29, 1.82) is 0 Å². The molecule has 15 heavy (non-hydrogen) atoms. The van der Waals surface area contributed by atoms with Crippen molar-refractivity contribution in [1.82, 2.24) is 20.4 Å². The fraction of sp³-hybridized carbons (Fsp3) is 0. The highest BCUT2D eigenvalue weighted by Crippen LogP contribution is 1.98. The summed E-state index contributed by atoms with van der Waals surface area (Å²) in [7, 11) is -3.13. The molecule has 0 bridgehead atoms. The second-order valence-corrected chi connectivity index (χ2v) is 2.38. The van der Waals surface area contributed by atoms with E-state index in [1.807, 2.05) is 12.1 Å². The van der Waals surface area contributed by atoms with Crippen LogP contribution in [0.2, 0.25) is 0 Å². The molecule has 9 heteroatoms. The van der Waals surface area contributed by atoms with Crippen LogP contribution in [0.5, 0.6) is 0 Å². The molecule has 0 unspecified atom stereocenters. The molecule has 7 nitrogen and oxygen atoms in total. The van der Waals surface area contributed by atoms with Gasteiger partial charge >= 0.3 is 8.25 Å². The molecule has 0 aliphatic heterocycles. The van der Waals surface area contributed by atoms with Gasteiger partial charge in [0.1, 0.15) is 0 Å². The summed E-state index contributed by atoms with van der Waals surface area (Å²) in [6.45, 7) is 0. The van der Waals surface area contributed by atoms with Crippen molar-refractivity contribution in [3.8, 4) is 0 Å². The Bertz CT molecular complexity index is 237. The van der Waals surface area contributed by atoms with Crippen LogP contribution in [0, 0.1) is 0 Å². The van der Waals surface area contributed by atoms with Crippen molar-refractivity contribution < 1.29 is 14.4 Å². The minimum absolute atomic E-state index is 0. The predicted octanol–water partition coefficient (Wildman–Crippen LogP) is 0.602. The standard InChI is InChI=1S/2C3H4N2.ClH.H3O3P/c2*1-2-4-5-3-1;;1-4(2)3/h2*1-3H,(H,4,5);1H;4H,(H2,1,2,3). The summed E-state index contributed by atoms with van der Waals surface area (Å²) < 4.78 is 8.74. The van der Waals surface area contributed by atoms with Gasteiger partial charge in [-0.1, -0.05) is 0 Å². The molecule has 0 saturated carbocycles. The van der Waals surface area contributed by atoms with E-state index in [9.17, 15) is 0 Å². The molecule has 0 aromatic carbocycles. The van der Waals surface area contributed by atoms with Crippen LogP contribution >= 0.6 is 20.7 Å². The molecule has 2 aromatic heterocycles. The third-order valence-electron chi connectivity index (χ3n) is 0.812. The van der Waals surface area contributed by atoms with E-state index in [2.05, 4.69) is 20.4 Å². The molecule has 2 rings (SSSR count). The predicted molar refractivity (Wildman–Crippen MR) is 57.9 cm³/mol. The van der Waals surface area contributed by atoms with Crippen molar-refractivity contribution in [2.75, 3.05) is 0 Å². The molecule has 0 saturated heterocycles. The third kappa shape index (κ3) is 19.3. The highest BCUT2D eigenvalue weighted by Gasteiger charge is 1.61. The van der Waals surface area contributed by atoms with Crippen LogP contribution in [-0.4, -0.2) is 30.2 Å². The Balaban J connectivity index is 0. The summed E-state index contributed by atoms with van der Waals surface area (Å²) in [6, 6.07) is 3.67. The highest BCUT2D eigenvalue weighted by atomic mass is 35.5. The smallest absolute Gasteiger partial charge is 0.314 e. The van der Waals surface area contributed by atoms with E-state index >= 15 is 0 Å². The molecule has 0 fully saturated rings. The SMILES string of the molecule is Cl.O=[PH](O)O.c1cn[nH]c1.c1cn[nH]c1. The monoisotopic (exact) mass is 254 g/mol. The first-order valence-electron chi connectivity index (χ1n) is 3.53. The van der Waals surface area contributed by atoms with Crippen LogP contribution < -0.4 is 0 Å². The van der Waals surface area contributed by atoms with Gasteiger partial charge in [0.25, 0.3) is 0 Å². The maximum absolute atomic E-state index is 8.74. The molecule has 0 aliphatic rings. The Kier molecular flexibility index (Phi) is 14.0. The van der Waals surface area contributed by atoms with E-state index in [1.54, 1.807) is 24.8 Å². The van der Waals surface area contributed by atoms with Gasteiger partial charge in [-0.15, -0.1) is 12.4 Å². The van der Waals surface area contributed by atoms with E-state index in [1.165, 1.54) is 0 Å². The van der Waals surface area contributed by atoms with E-state index in [0.717, 1.165) is 0 Å². The number of hydrogen-bond donors (Lipinski definition) is 4. The number of nitrogens with zero attached hydrogens (tertiary/aromatic N) is 2. The number of nitrogens with one attached hydrogen (secondary N) is 2. The molecule has 4 N–H and O–H groups in total. The average Bonchev–Trinajstić information content (AvgIpc) is 2.83. The molecule has 2 heterocycles. The number of hydrogen-bond acceptors (Lipinski definition) is 3. The highest BCUT2D eigenvalue weighted by molar-refractivity contribution is 7.30. The Morgan fingerprint density at radius 1 is 1.00 bits per heavy atom. The van der Waals surface area contributed by atoms with Gasteiger partial charge in [0.2, 0.25) is 0 Å². The first kappa shape index (κ1) is 16.3. The fourth-order valence-electron chi connectivity index (χ4n) is 0.430. The number of halogens is 1. The van der Waals surface area contributed by atoms with Crippen LogP contribution in [0.15, 0.2) is 36.9 Å². The van der Waals surface area contributed by atoms with E-state index in [-0.39, 0.29) is 12.4 Å². The minimum atomic E-state index is -3.13. The summed E-state index contributed by atoms with van der Waals surface area (Å²) in [6.07, 6.45) is 6.92. The van der Waals surface area contributed by atoms with Gasteiger partial charge in [-0.3, -0.25) is 14.8 Å². The molecule has 0 spiro atoms. The normalized spacial score (nSPS) is 7.67. The second-order valence-electron chi connectivity index (χ2n) is 1.82. The van der Waals surface area contributed by atoms with Gasteiger partial charge in [-0.25, -0.2) is 0 Å². The van der Waals surface area contributed by atoms with Crippen molar-refractivity contribution in [2.24, 2.45) is 0 Å². The average molecular weight is 255 g/mol. The van der Waals surface area contributed by atoms with Crippen LogP contribution in [0.4, 0.5) is 0 Å². The number of rotatable bonds is 0. The second kappa shape index (κ2) is 12.9. The Morgan fingerprint density at radius 3 is 1.40 bits per heavy atom. The summed E-state index contributed by atoms with van der Waals surface area (Å²) in [4.78, 5) is 14.3. The van der Waals surface area contributed by atoms with Gasteiger partial charge in [-0.05, 0) is 12.1 Å². The summed E-state index contributed by atoms with van der Waals surface area (Å²) >= 11 is 0. The van der Waals surface area contributed by atoms with Crippen molar-refractivity contribution in [3.05, 3.63) is 36.9 Å². The van der Waals surface area contributed by atoms with Gasteiger partial charge in [0.15, 0.2) is 0 Å². The van der Waals surface area contributed by atoms with Gasteiger partial charge in [0.05, 0.1) is 0 Å². The number of aromatic amines is 2. The maximum Gasteiger partial charge on any atom is 0.314 e. The van der Waals surface area contributed by atoms with Crippen molar-refractivity contribution >= 4 is 20.7 Å².